The molecule has 0 atom stereocenters. The molecule has 100 valence electrons. The van der Waals surface area contributed by atoms with Gasteiger partial charge in [-0.3, -0.25) is 4.68 Å². The smallest absolute Gasteiger partial charge is 0.137 e. The molecule has 0 bridgehead atoms. The fourth-order valence-electron chi connectivity index (χ4n) is 1.95. The predicted molar refractivity (Wildman–Crippen MR) is 74.3 cm³/mol. The molecule has 6 heteroatoms. The third-order valence-electron chi connectivity index (χ3n) is 3.26. The van der Waals surface area contributed by atoms with Crippen molar-refractivity contribution in [3.63, 3.8) is 0 Å². The summed E-state index contributed by atoms with van der Waals surface area (Å²) in [4.78, 5) is 8.94. The summed E-state index contributed by atoms with van der Waals surface area (Å²) in [5.74, 6) is 2.19. The third-order valence-corrected chi connectivity index (χ3v) is 3.63. The molecule has 1 N–H and O–H groups in total. The number of aryl methyl sites for hydroxylation is 1. The van der Waals surface area contributed by atoms with Crippen LogP contribution in [0.15, 0.2) is 12.4 Å². The molecule has 0 radical (unpaired) electrons. The maximum atomic E-state index is 6.17. The highest BCUT2D eigenvalue weighted by molar-refractivity contribution is 6.30. The Labute approximate surface area is 117 Å². The van der Waals surface area contributed by atoms with Crippen LogP contribution in [-0.4, -0.2) is 19.7 Å². The fraction of sp³-hybridized carbons (Fsp3) is 0.462. The molecule has 0 amide bonds. The van der Waals surface area contributed by atoms with Crippen molar-refractivity contribution in [3.8, 4) is 0 Å². The lowest BCUT2D eigenvalue weighted by molar-refractivity contribution is 0.767. The van der Waals surface area contributed by atoms with Gasteiger partial charge in [0.2, 0.25) is 0 Å². The summed E-state index contributed by atoms with van der Waals surface area (Å²) in [5.41, 5.74) is 2.01. The molecule has 1 saturated carbocycles. The molecule has 0 saturated heterocycles. The molecule has 3 rings (SSSR count). The molecule has 19 heavy (non-hydrogen) atoms. The van der Waals surface area contributed by atoms with Gasteiger partial charge in [-0.1, -0.05) is 11.6 Å². The SMILES string of the molecule is Cc1c(Cl)nc(C2CC2)nc1NCc1cnn(C)c1. The summed E-state index contributed by atoms with van der Waals surface area (Å²) in [6.07, 6.45) is 6.16. The van der Waals surface area contributed by atoms with E-state index in [4.69, 9.17) is 11.6 Å². The van der Waals surface area contributed by atoms with E-state index in [2.05, 4.69) is 20.4 Å². The van der Waals surface area contributed by atoms with Gasteiger partial charge in [0.05, 0.1) is 6.20 Å². The average Bonchev–Trinajstić information content (AvgIpc) is 3.15. The van der Waals surface area contributed by atoms with Gasteiger partial charge in [0, 0.05) is 36.8 Å². The van der Waals surface area contributed by atoms with Crippen LogP contribution in [0.1, 0.15) is 35.7 Å². The number of aromatic nitrogens is 4. The third kappa shape index (κ3) is 2.71. The van der Waals surface area contributed by atoms with Crippen molar-refractivity contribution in [2.75, 3.05) is 5.32 Å². The van der Waals surface area contributed by atoms with Crippen molar-refractivity contribution < 1.29 is 0 Å². The molecule has 2 aromatic rings. The summed E-state index contributed by atoms with van der Waals surface area (Å²) >= 11 is 6.17. The quantitative estimate of drug-likeness (QED) is 0.873. The number of halogens is 1. The van der Waals surface area contributed by atoms with E-state index < -0.39 is 0 Å². The van der Waals surface area contributed by atoms with E-state index in [-0.39, 0.29) is 0 Å². The topological polar surface area (TPSA) is 55.6 Å². The van der Waals surface area contributed by atoms with Gasteiger partial charge in [-0.05, 0) is 19.8 Å². The fourth-order valence-corrected chi connectivity index (χ4v) is 2.13. The van der Waals surface area contributed by atoms with Crippen LogP contribution >= 0.6 is 11.6 Å². The lowest BCUT2D eigenvalue weighted by Gasteiger charge is -2.10. The zero-order chi connectivity index (χ0) is 13.4. The lowest BCUT2D eigenvalue weighted by Crippen LogP contribution is -2.06. The van der Waals surface area contributed by atoms with Gasteiger partial charge >= 0.3 is 0 Å². The summed E-state index contributed by atoms with van der Waals surface area (Å²) in [7, 11) is 1.90. The molecule has 5 nitrogen and oxygen atoms in total. The van der Waals surface area contributed by atoms with Crippen molar-refractivity contribution >= 4 is 17.4 Å². The number of anilines is 1. The number of nitrogens with one attached hydrogen (secondary N) is 1. The number of nitrogens with zero attached hydrogens (tertiary/aromatic N) is 4. The maximum Gasteiger partial charge on any atom is 0.137 e. The Morgan fingerprint density at radius 3 is 2.84 bits per heavy atom. The molecular formula is C13H16ClN5. The first kappa shape index (κ1) is 12.4. The first-order valence-electron chi connectivity index (χ1n) is 6.39. The monoisotopic (exact) mass is 277 g/mol. The van der Waals surface area contributed by atoms with Crippen molar-refractivity contribution in [1.29, 1.82) is 0 Å². The normalized spacial score (nSPS) is 14.7. The number of rotatable bonds is 4. The van der Waals surface area contributed by atoms with E-state index in [1.54, 1.807) is 4.68 Å². The van der Waals surface area contributed by atoms with Crippen molar-refractivity contribution in [1.82, 2.24) is 19.7 Å². The summed E-state index contributed by atoms with van der Waals surface area (Å²) in [6, 6.07) is 0. The molecule has 1 fully saturated rings. The van der Waals surface area contributed by atoms with Crippen LogP contribution < -0.4 is 5.32 Å². The van der Waals surface area contributed by atoms with E-state index in [0.29, 0.717) is 17.6 Å². The van der Waals surface area contributed by atoms with E-state index in [1.165, 1.54) is 12.8 Å². The Bertz CT molecular complexity index is 603. The van der Waals surface area contributed by atoms with E-state index in [0.717, 1.165) is 22.8 Å². The van der Waals surface area contributed by atoms with Crippen molar-refractivity contribution in [3.05, 3.63) is 34.5 Å². The number of hydrogen-bond donors (Lipinski definition) is 1. The van der Waals surface area contributed by atoms with Gasteiger partial charge in [-0.15, -0.1) is 0 Å². The number of hydrogen-bond acceptors (Lipinski definition) is 4. The molecule has 0 aromatic carbocycles. The molecule has 2 heterocycles. The molecule has 0 unspecified atom stereocenters. The molecule has 0 aliphatic heterocycles. The van der Waals surface area contributed by atoms with Crippen molar-refractivity contribution in [2.45, 2.75) is 32.2 Å². The largest absolute Gasteiger partial charge is 0.366 e. The molecule has 1 aliphatic carbocycles. The van der Waals surface area contributed by atoms with Crippen LogP contribution in [0.5, 0.6) is 0 Å². The van der Waals surface area contributed by atoms with Crippen LogP contribution in [0.3, 0.4) is 0 Å². The van der Waals surface area contributed by atoms with Crippen LogP contribution in [-0.2, 0) is 13.6 Å². The van der Waals surface area contributed by atoms with Gasteiger partial charge in [0.1, 0.15) is 16.8 Å². The van der Waals surface area contributed by atoms with E-state index >= 15 is 0 Å². The standard InChI is InChI=1S/C13H16ClN5/c1-8-11(14)17-13(10-3-4-10)18-12(8)15-5-9-6-16-19(2)7-9/h6-7,10H,3-5H2,1-2H3,(H,15,17,18). The lowest BCUT2D eigenvalue weighted by atomic mass is 10.3. The van der Waals surface area contributed by atoms with Gasteiger partial charge in [-0.25, -0.2) is 9.97 Å². The molecule has 2 aromatic heterocycles. The van der Waals surface area contributed by atoms with Gasteiger partial charge in [0.15, 0.2) is 0 Å². The summed E-state index contributed by atoms with van der Waals surface area (Å²) in [6.45, 7) is 2.62. The minimum absolute atomic E-state index is 0.497. The van der Waals surface area contributed by atoms with Crippen molar-refractivity contribution in [2.24, 2.45) is 7.05 Å². The van der Waals surface area contributed by atoms with Crippen LogP contribution in [0.2, 0.25) is 5.15 Å². The minimum Gasteiger partial charge on any atom is -0.366 e. The highest BCUT2D eigenvalue weighted by atomic mass is 35.5. The zero-order valence-corrected chi connectivity index (χ0v) is 11.8. The van der Waals surface area contributed by atoms with Gasteiger partial charge < -0.3 is 5.32 Å². The molecule has 1 aliphatic rings. The Morgan fingerprint density at radius 2 is 2.21 bits per heavy atom. The maximum absolute atomic E-state index is 6.17. The Kier molecular flexibility index (Phi) is 3.14. The van der Waals surface area contributed by atoms with Gasteiger partial charge in [0.25, 0.3) is 0 Å². The first-order chi connectivity index (χ1) is 9.13. The minimum atomic E-state index is 0.497. The predicted octanol–water partition coefficient (Wildman–Crippen LogP) is 2.66. The second-order valence-corrected chi connectivity index (χ2v) is 5.35. The molecular weight excluding hydrogens is 262 g/mol. The zero-order valence-electron chi connectivity index (χ0n) is 11.0. The first-order valence-corrected chi connectivity index (χ1v) is 6.76. The second kappa shape index (κ2) is 4.81. The van der Waals surface area contributed by atoms with Crippen LogP contribution in [0.25, 0.3) is 0 Å². The van der Waals surface area contributed by atoms with E-state index in [9.17, 15) is 0 Å². The highest BCUT2D eigenvalue weighted by Crippen LogP contribution is 2.39. The van der Waals surface area contributed by atoms with Gasteiger partial charge in [-0.2, -0.15) is 5.10 Å². The summed E-state index contributed by atoms with van der Waals surface area (Å²) < 4.78 is 1.78. The van der Waals surface area contributed by atoms with Crippen LogP contribution in [0.4, 0.5) is 5.82 Å². The van der Waals surface area contributed by atoms with E-state index in [1.807, 2.05) is 26.4 Å². The Balaban J connectivity index is 1.79. The highest BCUT2D eigenvalue weighted by Gasteiger charge is 2.27. The molecule has 0 spiro atoms. The summed E-state index contributed by atoms with van der Waals surface area (Å²) in [5, 5.41) is 8.01. The average molecular weight is 278 g/mol. The second-order valence-electron chi connectivity index (χ2n) is 5.00. The Morgan fingerprint density at radius 1 is 1.42 bits per heavy atom. The Hall–Kier alpha value is -1.62. The van der Waals surface area contributed by atoms with Crippen LogP contribution in [0, 0.1) is 6.92 Å².